The number of benzene rings is 2. The summed E-state index contributed by atoms with van der Waals surface area (Å²) in [6.07, 6.45) is 2.09. The first-order valence-electron chi connectivity index (χ1n) is 12.4. The lowest BCUT2D eigenvalue weighted by atomic mass is 9.98. The molecule has 0 aliphatic rings. The maximum Gasteiger partial charge on any atom is 0.264 e. The number of aryl methyl sites for hydroxylation is 2. The van der Waals surface area contributed by atoms with Gasteiger partial charge in [-0.05, 0) is 67.5 Å². The topological polar surface area (TPSA) is 94.1 Å². The van der Waals surface area contributed by atoms with Crippen molar-refractivity contribution in [3.8, 4) is 0 Å². The van der Waals surface area contributed by atoms with E-state index in [1.165, 1.54) is 6.07 Å². The molecule has 9 heteroatoms. The van der Waals surface area contributed by atoms with Crippen molar-refractivity contribution >= 4 is 27.7 Å². The van der Waals surface area contributed by atoms with Gasteiger partial charge in [-0.2, -0.15) is 4.37 Å². The maximum absolute atomic E-state index is 14.4. The first-order valence-corrected chi connectivity index (χ1v) is 13.2. The third-order valence-corrected chi connectivity index (χ3v) is 7.15. The molecule has 1 unspecified atom stereocenters. The molecule has 7 nitrogen and oxygen atoms in total. The first-order chi connectivity index (χ1) is 17.7. The van der Waals surface area contributed by atoms with E-state index in [2.05, 4.69) is 4.37 Å². The number of rotatable bonds is 9. The minimum atomic E-state index is -0.549. The molecule has 0 saturated heterocycles. The Bertz CT molecular complexity index is 1480. The fraction of sp³-hybridized carbons (Fsp3) is 0.357. The van der Waals surface area contributed by atoms with E-state index in [9.17, 15) is 14.0 Å². The highest BCUT2D eigenvalue weighted by Crippen LogP contribution is 2.31. The summed E-state index contributed by atoms with van der Waals surface area (Å²) in [7, 11) is 0. The van der Waals surface area contributed by atoms with Crippen molar-refractivity contribution in [2.24, 2.45) is 11.7 Å². The molecular weight excluding hydrogens is 489 g/mol. The van der Waals surface area contributed by atoms with E-state index in [0.717, 1.165) is 22.7 Å². The molecule has 0 radical (unpaired) electrons. The monoisotopic (exact) mass is 521 g/mol. The molecule has 2 aromatic heterocycles. The van der Waals surface area contributed by atoms with Gasteiger partial charge < -0.3 is 10.6 Å². The third-order valence-electron chi connectivity index (χ3n) is 6.46. The largest absolute Gasteiger partial charge is 0.330 e. The molecule has 2 N–H and O–H groups in total. The van der Waals surface area contributed by atoms with Crippen LogP contribution in [0, 0.1) is 25.6 Å². The van der Waals surface area contributed by atoms with Crippen molar-refractivity contribution in [3.05, 3.63) is 92.9 Å². The highest BCUT2D eigenvalue weighted by molar-refractivity contribution is 7.12. The van der Waals surface area contributed by atoms with Crippen LogP contribution < -0.4 is 11.3 Å². The number of hydrogen-bond acceptors (Lipinski definition) is 6. The molecule has 4 rings (SSSR count). The van der Waals surface area contributed by atoms with Crippen LogP contribution in [-0.4, -0.2) is 37.8 Å². The zero-order chi connectivity index (χ0) is 26.7. The molecule has 1 atom stereocenters. The molecule has 1 amide bonds. The molecule has 2 aromatic carbocycles. The molecule has 0 saturated carbocycles. The molecule has 0 spiro atoms. The van der Waals surface area contributed by atoms with Gasteiger partial charge in [0.05, 0.1) is 24.2 Å². The van der Waals surface area contributed by atoms with Gasteiger partial charge in [0.15, 0.2) is 4.83 Å². The van der Waals surface area contributed by atoms with Crippen molar-refractivity contribution < 1.29 is 9.18 Å². The molecule has 37 heavy (non-hydrogen) atoms. The highest BCUT2D eigenvalue weighted by atomic mass is 32.1. The Balaban J connectivity index is 1.89. The van der Waals surface area contributed by atoms with Gasteiger partial charge in [0.1, 0.15) is 11.6 Å². The third kappa shape index (κ3) is 5.62. The summed E-state index contributed by atoms with van der Waals surface area (Å²) in [5.74, 6) is -0.382. The quantitative estimate of drug-likeness (QED) is 0.340. The van der Waals surface area contributed by atoms with Crippen molar-refractivity contribution in [2.75, 3.05) is 13.1 Å². The van der Waals surface area contributed by atoms with Gasteiger partial charge in [-0.25, -0.2) is 9.37 Å². The summed E-state index contributed by atoms with van der Waals surface area (Å²) in [6, 6.07) is 11.9. The van der Waals surface area contributed by atoms with E-state index in [-0.39, 0.29) is 22.9 Å². The van der Waals surface area contributed by atoms with Crippen LogP contribution in [0.4, 0.5) is 4.39 Å². The predicted molar refractivity (Wildman–Crippen MR) is 145 cm³/mol. The zero-order valence-corrected chi connectivity index (χ0v) is 22.4. The number of hydrogen-bond donors (Lipinski definition) is 1. The van der Waals surface area contributed by atoms with E-state index in [0.29, 0.717) is 47.7 Å². The van der Waals surface area contributed by atoms with Crippen molar-refractivity contribution in [1.29, 1.82) is 0 Å². The van der Waals surface area contributed by atoms with Crippen LogP contribution in [0.3, 0.4) is 0 Å². The number of halogens is 1. The molecule has 0 aliphatic carbocycles. The Labute approximate surface area is 219 Å². The molecule has 4 aromatic rings. The normalized spacial score (nSPS) is 12.3. The Morgan fingerprint density at radius 2 is 1.97 bits per heavy atom. The second kappa shape index (κ2) is 11.3. The van der Waals surface area contributed by atoms with Crippen molar-refractivity contribution in [3.63, 3.8) is 0 Å². The van der Waals surface area contributed by atoms with Gasteiger partial charge in [-0.3, -0.25) is 14.2 Å². The number of carbonyl (C=O) groups is 1. The lowest BCUT2D eigenvalue weighted by Crippen LogP contribution is -2.42. The van der Waals surface area contributed by atoms with Gasteiger partial charge in [0.2, 0.25) is 0 Å². The summed E-state index contributed by atoms with van der Waals surface area (Å²) < 4.78 is 20.3. The number of nitrogens with zero attached hydrogens (tertiary/aromatic N) is 4. The summed E-state index contributed by atoms with van der Waals surface area (Å²) >= 11 is 1.15. The fourth-order valence-electron chi connectivity index (χ4n) is 4.56. The minimum Gasteiger partial charge on any atom is -0.330 e. The minimum absolute atomic E-state index is 0.0990. The standard InChI is InChI=1S/C28H32FN5O2S/c1-17(2)24(33(12-6-11-30)27(35)21-10-9-19(4)23(29)14-21)25-32-26-22(15-31-37-26)28(36)34(25)16-20-8-5-7-18(3)13-20/h5,7-10,13-15,17,24H,6,11-12,16,30H2,1-4H3. The van der Waals surface area contributed by atoms with E-state index in [1.807, 2.05) is 45.0 Å². The average molecular weight is 522 g/mol. The van der Waals surface area contributed by atoms with Crippen LogP contribution in [-0.2, 0) is 6.54 Å². The Morgan fingerprint density at radius 1 is 1.19 bits per heavy atom. The van der Waals surface area contributed by atoms with Crippen LogP contribution >= 0.6 is 11.5 Å². The Morgan fingerprint density at radius 3 is 2.65 bits per heavy atom. The predicted octanol–water partition coefficient (Wildman–Crippen LogP) is 4.85. The van der Waals surface area contributed by atoms with E-state index in [4.69, 9.17) is 10.7 Å². The van der Waals surface area contributed by atoms with Crippen molar-refractivity contribution in [2.45, 2.75) is 46.7 Å². The van der Waals surface area contributed by atoms with Crippen LogP contribution in [0.1, 0.15) is 59.2 Å². The zero-order valence-electron chi connectivity index (χ0n) is 21.6. The molecule has 0 aliphatic heterocycles. The molecule has 2 heterocycles. The Kier molecular flexibility index (Phi) is 8.14. The van der Waals surface area contributed by atoms with E-state index < -0.39 is 11.9 Å². The maximum atomic E-state index is 14.4. The lowest BCUT2D eigenvalue weighted by molar-refractivity contribution is 0.0602. The Hall–Kier alpha value is -3.43. The SMILES string of the molecule is Cc1cccc(Cn2c(C(C(C)C)N(CCCN)C(=O)c3ccc(C)c(F)c3)nc3sncc3c2=O)c1. The second-order valence-corrected chi connectivity index (χ2v) is 10.5. The van der Waals surface area contributed by atoms with Gasteiger partial charge in [-0.15, -0.1) is 0 Å². The van der Waals surface area contributed by atoms with Crippen LogP contribution in [0.25, 0.3) is 10.2 Å². The molecule has 194 valence electrons. The number of carbonyl (C=O) groups excluding carboxylic acids is 1. The average Bonchev–Trinajstić information content (AvgIpc) is 3.34. The van der Waals surface area contributed by atoms with Crippen molar-refractivity contribution in [1.82, 2.24) is 18.8 Å². The van der Waals surface area contributed by atoms with Gasteiger partial charge in [0.25, 0.3) is 11.5 Å². The van der Waals surface area contributed by atoms with Gasteiger partial charge in [-0.1, -0.05) is 49.7 Å². The van der Waals surface area contributed by atoms with Crippen LogP contribution in [0.2, 0.25) is 0 Å². The van der Waals surface area contributed by atoms with E-state index >= 15 is 0 Å². The summed E-state index contributed by atoms with van der Waals surface area (Å²) in [5, 5.41) is 0.448. The first kappa shape index (κ1) is 26.6. The lowest BCUT2D eigenvalue weighted by Gasteiger charge is -2.35. The van der Waals surface area contributed by atoms with E-state index in [1.54, 1.807) is 34.7 Å². The molecule has 0 fully saturated rings. The number of aromatic nitrogens is 3. The second-order valence-electron chi connectivity index (χ2n) is 9.69. The number of fused-ring (bicyclic) bond motifs is 1. The van der Waals surface area contributed by atoms with Gasteiger partial charge in [0, 0.05) is 12.1 Å². The summed E-state index contributed by atoms with van der Waals surface area (Å²) in [5.41, 5.74) is 8.38. The summed E-state index contributed by atoms with van der Waals surface area (Å²) in [4.78, 5) is 34.6. The van der Waals surface area contributed by atoms with Gasteiger partial charge >= 0.3 is 0 Å². The summed E-state index contributed by atoms with van der Waals surface area (Å²) in [6.45, 7) is 8.67. The van der Waals surface area contributed by atoms with Crippen LogP contribution in [0.5, 0.6) is 0 Å². The molecular formula is C28H32FN5O2S. The number of nitrogens with two attached hydrogens (primary N) is 1. The highest BCUT2D eigenvalue weighted by Gasteiger charge is 2.33. The van der Waals surface area contributed by atoms with Crippen LogP contribution in [0.15, 0.2) is 53.5 Å². The number of amides is 1. The molecule has 0 bridgehead atoms. The fourth-order valence-corrected chi connectivity index (χ4v) is 5.19. The smallest absolute Gasteiger partial charge is 0.264 e.